The first-order chi connectivity index (χ1) is 11.6. The molecule has 0 atom stereocenters. The predicted molar refractivity (Wildman–Crippen MR) is 82.7 cm³/mol. The molecule has 0 bridgehead atoms. The van der Waals surface area contributed by atoms with Crippen molar-refractivity contribution in [1.29, 1.82) is 0 Å². The molecule has 1 saturated heterocycles. The van der Waals surface area contributed by atoms with Crippen LogP contribution in [0.15, 0.2) is 24.3 Å². The third kappa shape index (κ3) is 5.67. The highest BCUT2D eigenvalue weighted by Gasteiger charge is 2.45. The number of piperidine rings is 1. The highest BCUT2D eigenvalue weighted by atomic mass is 19.4. The number of alkyl halides is 3. The molecule has 0 unspecified atom stereocenters. The Hall–Kier alpha value is -1.67. The summed E-state index contributed by atoms with van der Waals surface area (Å²) in [6.07, 6.45) is -1.00. The van der Waals surface area contributed by atoms with Crippen molar-refractivity contribution in [3.05, 3.63) is 35.6 Å². The lowest BCUT2D eigenvalue weighted by Gasteiger charge is -2.32. The smallest absolute Gasteiger partial charge is 0.475 e. The highest BCUT2D eigenvalue weighted by Crippen LogP contribution is 2.49. The van der Waals surface area contributed by atoms with Crippen molar-refractivity contribution in [2.24, 2.45) is 0 Å². The van der Waals surface area contributed by atoms with Gasteiger partial charge in [0.25, 0.3) is 0 Å². The van der Waals surface area contributed by atoms with Crippen LogP contribution in [-0.4, -0.2) is 53.0 Å². The van der Waals surface area contributed by atoms with Gasteiger partial charge in [-0.1, -0.05) is 12.1 Å². The van der Waals surface area contributed by atoms with Crippen LogP contribution in [0.4, 0.5) is 17.6 Å². The Morgan fingerprint density at radius 1 is 1.16 bits per heavy atom. The number of carboxylic acids is 1. The summed E-state index contributed by atoms with van der Waals surface area (Å²) in [7, 11) is 0. The monoisotopic (exact) mass is 363 g/mol. The van der Waals surface area contributed by atoms with Gasteiger partial charge in [-0.25, -0.2) is 9.18 Å². The molecule has 8 heteroatoms. The summed E-state index contributed by atoms with van der Waals surface area (Å²) < 4.78 is 44.7. The number of likely N-dealkylation sites (tertiary alicyclic amines) is 1. The first kappa shape index (κ1) is 19.7. The van der Waals surface area contributed by atoms with Gasteiger partial charge in [-0.15, -0.1) is 0 Å². The number of aliphatic hydroxyl groups excluding tert-OH is 1. The Morgan fingerprint density at radius 2 is 1.64 bits per heavy atom. The third-order valence-corrected chi connectivity index (χ3v) is 4.64. The minimum atomic E-state index is -5.08. The van der Waals surface area contributed by atoms with E-state index in [9.17, 15) is 22.7 Å². The summed E-state index contributed by atoms with van der Waals surface area (Å²) in [5.41, 5.74) is 1.53. The zero-order valence-electron chi connectivity index (χ0n) is 13.6. The summed E-state index contributed by atoms with van der Waals surface area (Å²) >= 11 is 0. The number of carbonyl (C=O) groups is 1. The van der Waals surface area contributed by atoms with Crippen LogP contribution >= 0.6 is 0 Å². The molecular weight excluding hydrogens is 342 g/mol. The lowest BCUT2D eigenvalue weighted by molar-refractivity contribution is -0.192. The number of halogens is 4. The number of aliphatic carboxylic acids is 1. The van der Waals surface area contributed by atoms with E-state index < -0.39 is 12.1 Å². The van der Waals surface area contributed by atoms with E-state index in [0.717, 1.165) is 32.5 Å². The van der Waals surface area contributed by atoms with Gasteiger partial charge in [0, 0.05) is 25.0 Å². The molecule has 1 heterocycles. The summed E-state index contributed by atoms with van der Waals surface area (Å²) in [5, 5.41) is 16.6. The Kier molecular flexibility index (Phi) is 6.05. The van der Waals surface area contributed by atoms with E-state index in [0.29, 0.717) is 0 Å². The molecule has 4 nitrogen and oxygen atoms in total. The minimum absolute atomic E-state index is 0.109. The van der Waals surface area contributed by atoms with Crippen LogP contribution in [0.5, 0.6) is 0 Å². The van der Waals surface area contributed by atoms with Gasteiger partial charge in [-0.05, 0) is 43.4 Å². The van der Waals surface area contributed by atoms with Gasteiger partial charge in [-0.3, -0.25) is 0 Å². The number of rotatable bonds is 3. The molecule has 2 fully saturated rings. The van der Waals surface area contributed by atoms with Gasteiger partial charge < -0.3 is 15.1 Å². The predicted octanol–water partition coefficient (Wildman–Crippen LogP) is 2.95. The standard InChI is InChI=1S/C15H20FNO.C2HF3O2/c16-13-3-1-12(2-4-13)15(7-8-15)11-17-9-5-14(18)6-10-17;3-2(4,5)1(6)7/h1-4,14,18H,5-11H2;(H,6,7). The first-order valence-electron chi connectivity index (χ1n) is 8.09. The molecule has 1 aromatic rings. The van der Waals surface area contributed by atoms with Crippen LogP contribution < -0.4 is 0 Å². The second-order valence-electron chi connectivity index (χ2n) is 6.60. The lowest BCUT2D eigenvalue weighted by atomic mass is 9.94. The SMILES string of the molecule is O=C(O)C(F)(F)F.OC1CCN(CC2(c3ccc(F)cc3)CC2)CC1. The zero-order chi connectivity index (χ0) is 18.7. The van der Waals surface area contributed by atoms with E-state index in [1.807, 2.05) is 12.1 Å². The van der Waals surface area contributed by atoms with Crippen molar-refractivity contribution < 1.29 is 32.6 Å². The Labute approximate surface area is 143 Å². The van der Waals surface area contributed by atoms with Crippen LogP contribution in [-0.2, 0) is 10.2 Å². The van der Waals surface area contributed by atoms with Crippen LogP contribution in [0, 0.1) is 5.82 Å². The molecule has 1 aromatic carbocycles. The number of benzene rings is 1. The molecule has 1 saturated carbocycles. The maximum atomic E-state index is 13.0. The van der Waals surface area contributed by atoms with Crippen molar-refractivity contribution >= 4 is 5.97 Å². The van der Waals surface area contributed by atoms with Gasteiger partial charge in [0.1, 0.15) is 5.82 Å². The average Bonchev–Trinajstić information content (AvgIpc) is 3.31. The van der Waals surface area contributed by atoms with Crippen LogP contribution in [0.3, 0.4) is 0 Å². The van der Waals surface area contributed by atoms with Crippen LogP contribution in [0.1, 0.15) is 31.2 Å². The first-order valence-corrected chi connectivity index (χ1v) is 8.09. The molecule has 140 valence electrons. The fraction of sp³-hybridized carbons (Fsp3) is 0.588. The van der Waals surface area contributed by atoms with E-state index in [1.54, 1.807) is 12.1 Å². The molecule has 1 aliphatic heterocycles. The summed E-state index contributed by atoms with van der Waals surface area (Å²) in [6, 6.07) is 6.99. The molecule has 2 N–H and O–H groups in total. The van der Waals surface area contributed by atoms with E-state index in [1.165, 1.54) is 18.4 Å². The fourth-order valence-electron chi connectivity index (χ4n) is 3.00. The van der Waals surface area contributed by atoms with Crippen molar-refractivity contribution in [3.63, 3.8) is 0 Å². The van der Waals surface area contributed by atoms with Crippen LogP contribution in [0.25, 0.3) is 0 Å². The molecule has 3 rings (SSSR count). The number of nitrogens with zero attached hydrogens (tertiary/aromatic N) is 1. The van der Waals surface area contributed by atoms with E-state index in [4.69, 9.17) is 9.90 Å². The van der Waals surface area contributed by atoms with Gasteiger partial charge in [0.2, 0.25) is 0 Å². The third-order valence-electron chi connectivity index (χ3n) is 4.64. The zero-order valence-corrected chi connectivity index (χ0v) is 13.6. The molecule has 1 aliphatic carbocycles. The maximum Gasteiger partial charge on any atom is 0.490 e. The van der Waals surface area contributed by atoms with Crippen LogP contribution in [0.2, 0.25) is 0 Å². The van der Waals surface area contributed by atoms with E-state index >= 15 is 0 Å². The molecule has 0 amide bonds. The molecular formula is C17H21F4NO3. The molecule has 0 radical (unpaired) electrons. The van der Waals surface area contributed by atoms with Gasteiger partial charge in [0.05, 0.1) is 6.10 Å². The van der Waals surface area contributed by atoms with Gasteiger partial charge in [-0.2, -0.15) is 13.2 Å². The Morgan fingerprint density at radius 3 is 2.04 bits per heavy atom. The average molecular weight is 363 g/mol. The summed E-state index contributed by atoms with van der Waals surface area (Å²) in [6.45, 7) is 3.04. The molecule has 0 aromatic heterocycles. The largest absolute Gasteiger partial charge is 0.490 e. The molecule has 25 heavy (non-hydrogen) atoms. The summed E-state index contributed by atoms with van der Waals surface area (Å²) in [5.74, 6) is -2.91. The fourth-order valence-corrected chi connectivity index (χ4v) is 3.00. The van der Waals surface area contributed by atoms with Crippen molar-refractivity contribution in [1.82, 2.24) is 4.90 Å². The number of hydrogen-bond acceptors (Lipinski definition) is 3. The van der Waals surface area contributed by atoms with E-state index in [-0.39, 0.29) is 17.3 Å². The van der Waals surface area contributed by atoms with Crippen molar-refractivity contribution in [3.8, 4) is 0 Å². The minimum Gasteiger partial charge on any atom is -0.475 e. The number of hydrogen-bond donors (Lipinski definition) is 2. The maximum absolute atomic E-state index is 13.0. The highest BCUT2D eigenvalue weighted by molar-refractivity contribution is 5.73. The molecule has 2 aliphatic rings. The summed E-state index contributed by atoms with van der Waals surface area (Å²) in [4.78, 5) is 11.3. The van der Waals surface area contributed by atoms with Crippen molar-refractivity contribution in [2.45, 2.75) is 43.4 Å². The van der Waals surface area contributed by atoms with E-state index in [2.05, 4.69) is 4.90 Å². The Balaban J connectivity index is 0.000000277. The topological polar surface area (TPSA) is 60.8 Å². The van der Waals surface area contributed by atoms with Gasteiger partial charge in [0.15, 0.2) is 0 Å². The second-order valence-corrected chi connectivity index (χ2v) is 6.60. The molecule has 0 spiro atoms. The van der Waals surface area contributed by atoms with Crippen molar-refractivity contribution in [2.75, 3.05) is 19.6 Å². The number of carboxylic acid groups (broad SMARTS) is 1. The second kappa shape index (κ2) is 7.70. The lowest BCUT2D eigenvalue weighted by Crippen LogP contribution is -2.40. The normalized spacial score (nSPS) is 20.5. The number of aliphatic hydroxyl groups is 1. The quantitative estimate of drug-likeness (QED) is 0.811. The Bertz CT molecular complexity index is 577. The van der Waals surface area contributed by atoms with Gasteiger partial charge >= 0.3 is 12.1 Å².